The number of carbonyl (C=O) groups is 2. The zero-order valence-corrected chi connectivity index (χ0v) is 19.9. The number of nitrogens with one attached hydrogen (secondary N) is 1. The number of methoxy groups -OCH3 is 2. The van der Waals surface area contributed by atoms with E-state index in [9.17, 15) is 22.4 Å². The second-order valence-electron chi connectivity index (χ2n) is 7.82. The molecule has 0 bridgehead atoms. The molecule has 1 aliphatic heterocycles. The minimum Gasteiger partial charge on any atom is -0.495 e. The van der Waals surface area contributed by atoms with Crippen LogP contribution >= 0.6 is 0 Å². The van der Waals surface area contributed by atoms with Crippen molar-refractivity contribution in [1.29, 1.82) is 0 Å². The topological polar surface area (TPSA) is 102 Å². The quantitative estimate of drug-likeness (QED) is 0.515. The van der Waals surface area contributed by atoms with Crippen molar-refractivity contribution >= 4 is 33.3 Å². The van der Waals surface area contributed by atoms with E-state index in [1.807, 2.05) is 12.1 Å². The SMILES string of the molecule is COC(=O)c1cc(NC(=O)c2ccc(OC)c(S(=O)(=O)N3CCCc4ccccc43)c2)ccc1F. The van der Waals surface area contributed by atoms with Crippen LogP contribution in [0.25, 0.3) is 0 Å². The number of benzene rings is 3. The van der Waals surface area contributed by atoms with Crippen molar-refractivity contribution in [2.24, 2.45) is 0 Å². The Hall–Kier alpha value is -3.92. The number of esters is 1. The van der Waals surface area contributed by atoms with Crippen LogP contribution < -0.4 is 14.4 Å². The summed E-state index contributed by atoms with van der Waals surface area (Å²) in [5.41, 5.74) is 1.36. The van der Waals surface area contributed by atoms with Crippen molar-refractivity contribution in [3.63, 3.8) is 0 Å². The smallest absolute Gasteiger partial charge is 0.340 e. The van der Waals surface area contributed by atoms with Crippen LogP contribution in [0.2, 0.25) is 0 Å². The summed E-state index contributed by atoms with van der Waals surface area (Å²) in [6.07, 6.45) is 1.43. The Kier molecular flexibility index (Phi) is 6.74. The van der Waals surface area contributed by atoms with Crippen LogP contribution in [0.1, 0.15) is 32.7 Å². The largest absolute Gasteiger partial charge is 0.495 e. The maximum Gasteiger partial charge on any atom is 0.340 e. The number of amides is 1. The van der Waals surface area contributed by atoms with Gasteiger partial charge < -0.3 is 14.8 Å². The molecule has 0 fully saturated rings. The second kappa shape index (κ2) is 9.75. The lowest BCUT2D eigenvalue weighted by Crippen LogP contribution is -2.35. The number of rotatable bonds is 6. The number of para-hydroxylation sites is 1. The van der Waals surface area contributed by atoms with Gasteiger partial charge in [-0.15, -0.1) is 0 Å². The predicted molar refractivity (Wildman–Crippen MR) is 128 cm³/mol. The zero-order valence-electron chi connectivity index (χ0n) is 19.1. The number of ether oxygens (including phenoxy) is 2. The molecule has 3 aromatic rings. The first kappa shape index (κ1) is 24.2. The molecule has 182 valence electrons. The molecule has 1 heterocycles. The van der Waals surface area contributed by atoms with Crippen molar-refractivity contribution in [1.82, 2.24) is 0 Å². The number of carbonyl (C=O) groups excluding carboxylic acids is 2. The summed E-state index contributed by atoms with van der Waals surface area (Å²) >= 11 is 0. The Morgan fingerprint density at radius 3 is 2.54 bits per heavy atom. The van der Waals surface area contributed by atoms with Crippen LogP contribution in [0.15, 0.2) is 65.6 Å². The maximum atomic E-state index is 13.9. The van der Waals surface area contributed by atoms with Crippen LogP contribution in [-0.2, 0) is 21.2 Å². The third kappa shape index (κ3) is 4.69. The fourth-order valence-corrected chi connectivity index (χ4v) is 5.69. The molecule has 1 amide bonds. The summed E-state index contributed by atoms with van der Waals surface area (Å²) in [5, 5.41) is 2.55. The Labute approximate surface area is 202 Å². The van der Waals surface area contributed by atoms with E-state index in [1.54, 1.807) is 12.1 Å². The molecule has 1 aliphatic rings. The van der Waals surface area contributed by atoms with Gasteiger partial charge in [-0.2, -0.15) is 0 Å². The summed E-state index contributed by atoms with van der Waals surface area (Å²) in [7, 11) is -1.59. The van der Waals surface area contributed by atoms with Crippen molar-refractivity contribution in [2.75, 3.05) is 30.4 Å². The lowest BCUT2D eigenvalue weighted by Gasteiger charge is -2.31. The van der Waals surface area contributed by atoms with Gasteiger partial charge in [0.05, 0.1) is 25.5 Å². The molecule has 35 heavy (non-hydrogen) atoms. The number of hydrogen-bond acceptors (Lipinski definition) is 6. The average Bonchev–Trinajstić information content (AvgIpc) is 2.88. The van der Waals surface area contributed by atoms with E-state index >= 15 is 0 Å². The van der Waals surface area contributed by atoms with E-state index in [1.165, 1.54) is 35.7 Å². The molecule has 10 heteroatoms. The lowest BCUT2D eigenvalue weighted by molar-refractivity contribution is 0.0595. The van der Waals surface area contributed by atoms with Crippen molar-refractivity contribution in [2.45, 2.75) is 17.7 Å². The Balaban J connectivity index is 1.68. The van der Waals surface area contributed by atoms with Gasteiger partial charge in [0.25, 0.3) is 15.9 Å². The van der Waals surface area contributed by atoms with Gasteiger partial charge in [-0.05, 0) is 60.9 Å². The fourth-order valence-electron chi connectivity index (χ4n) is 3.96. The molecular formula is C25H23FN2O6S. The molecule has 4 rings (SSSR count). The minimum absolute atomic E-state index is 0.0404. The van der Waals surface area contributed by atoms with Gasteiger partial charge >= 0.3 is 5.97 Å². The molecule has 0 aliphatic carbocycles. The highest BCUT2D eigenvalue weighted by Gasteiger charge is 2.32. The van der Waals surface area contributed by atoms with E-state index in [-0.39, 0.29) is 27.5 Å². The van der Waals surface area contributed by atoms with Crippen molar-refractivity contribution in [3.05, 3.63) is 83.2 Å². The first-order chi connectivity index (χ1) is 16.8. The van der Waals surface area contributed by atoms with Crippen LogP contribution in [0.5, 0.6) is 5.75 Å². The van der Waals surface area contributed by atoms with Crippen LogP contribution in [0.3, 0.4) is 0 Å². The maximum absolute atomic E-state index is 13.9. The highest BCUT2D eigenvalue weighted by atomic mass is 32.2. The average molecular weight is 499 g/mol. The highest BCUT2D eigenvalue weighted by Crippen LogP contribution is 2.35. The Morgan fingerprint density at radius 2 is 1.80 bits per heavy atom. The standard InChI is InChI=1S/C25H23FN2O6S/c1-33-22-12-9-17(24(29)27-18-10-11-20(26)19(15-18)25(30)34-2)14-23(22)35(31,32)28-13-5-7-16-6-3-4-8-21(16)28/h3-4,6,8-12,14-15H,5,7,13H2,1-2H3,(H,27,29). The van der Waals surface area contributed by atoms with Crippen LogP contribution in [0, 0.1) is 5.82 Å². The minimum atomic E-state index is -4.06. The molecule has 3 aromatic carbocycles. The van der Waals surface area contributed by atoms with E-state index < -0.39 is 27.7 Å². The Bertz CT molecular complexity index is 1410. The normalized spacial score (nSPS) is 13.1. The molecule has 0 radical (unpaired) electrons. The van der Waals surface area contributed by atoms with Crippen molar-refractivity contribution < 1.29 is 31.9 Å². The van der Waals surface area contributed by atoms with E-state index in [0.717, 1.165) is 31.2 Å². The molecule has 0 saturated carbocycles. The van der Waals surface area contributed by atoms with Gasteiger partial charge in [0, 0.05) is 17.8 Å². The molecule has 0 spiro atoms. The third-order valence-electron chi connectivity index (χ3n) is 5.69. The summed E-state index contributed by atoms with van der Waals surface area (Å²) in [4.78, 5) is 24.5. The molecular weight excluding hydrogens is 475 g/mol. The second-order valence-corrected chi connectivity index (χ2v) is 9.65. The molecule has 0 aromatic heterocycles. The van der Waals surface area contributed by atoms with Gasteiger partial charge in [-0.3, -0.25) is 9.10 Å². The number of sulfonamides is 1. The summed E-state index contributed by atoms with van der Waals surface area (Å²) in [6, 6.07) is 14.8. The van der Waals surface area contributed by atoms with Gasteiger partial charge in [0.2, 0.25) is 0 Å². The molecule has 0 unspecified atom stereocenters. The summed E-state index contributed by atoms with van der Waals surface area (Å²) in [5.74, 6) is -2.24. The highest BCUT2D eigenvalue weighted by molar-refractivity contribution is 7.93. The number of halogens is 1. The molecule has 0 saturated heterocycles. The van der Waals surface area contributed by atoms with Crippen molar-refractivity contribution in [3.8, 4) is 5.75 Å². The lowest BCUT2D eigenvalue weighted by atomic mass is 10.0. The Morgan fingerprint density at radius 1 is 1.03 bits per heavy atom. The molecule has 1 N–H and O–H groups in total. The predicted octanol–water partition coefficient (Wildman–Crippen LogP) is 4.01. The van der Waals surface area contributed by atoms with Gasteiger partial charge in [0.15, 0.2) is 0 Å². The van der Waals surface area contributed by atoms with Crippen LogP contribution in [-0.4, -0.2) is 41.1 Å². The number of fused-ring (bicyclic) bond motifs is 1. The number of aryl methyl sites for hydroxylation is 1. The summed E-state index contributed by atoms with van der Waals surface area (Å²) < 4.78 is 52.4. The number of nitrogens with zero attached hydrogens (tertiary/aromatic N) is 1. The number of anilines is 2. The molecule has 8 nitrogen and oxygen atoms in total. The van der Waals surface area contributed by atoms with E-state index in [0.29, 0.717) is 18.7 Å². The molecule has 0 atom stereocenters. The first-order valence-corrected chi connectivity index (χ1v) is 12.2. The first-order valence-electron chi connectivity index (χ1n) is 10.7. The summed E-state index contributed by atoms with van der Waals surface area (Å²) in [6.45, 7) is 0.296. The van der Waals surface area contributed by atoms with E-state index in [4.69, 9.17) is 4.74 Å². The van der Waals surface area contributed by atoms with Crippen LogP contribution in [0.4, 0.5) is 15.8 Å². The zero-order chi connectivity index (χ0) is 25.2. The number of hydrogen-bond donors (Lipinski definition) is 1. The monoisotopic (exact) mass is 498 g/mol. The van der Waals surface area contributed by atoms with Gasteiger partial charge in [-0.1, -0.05) is 18.2 Å². The van der Waals surface area contributed by atoms with E-state index in [2.05, 4.69) is 10.1 Å². The van der Waals surface area contributed by atoms with Gasteiger partial charge in [0.1, 0.15) is 16.5 Å². The third-order valence-corrected chi connectivity index (χ3v) is 7.53. The van der Waals surface area contributed by atoms with Gasteiger partial charge in [-0.25, -0.2) is 17.6 Å². The fraction of sp³-hybridized carbons (Fsp3) is 0.200.